The number of nitrogens with two attached hydrogens (primary N) is 1. The highest BCUT2D eigenvalue weighted by Gasteiger charge is 2.60. The monoisotopic (exact) mass is 411 g/mol. The van der Waals surface area contributed by atoms with Crippen molar-refractivity contribution in [3.63, 3.8) is 0 Å². The van der Waals surface area contributed by atoms with Crippen LogP contribution in [0.2, 0.25) is 0 Å². The molecule has 0 bridgehead atoms. The number of aryl methyl sites for hydroxylation is 1. The molecule has 0 aliphatic heterocycles. The number of hydrogen-bond donors (Lipinski definition) is 1. The molecular weight excluding hydrogens is 402 g/mol. The van der Waals surface area contributed by atoms with Gasteiger partial charge in [0.2, 0.25) is 0 Å². The van der Waals surface area contributed by atoms with Gasteiger partial charge in [-0.25, -0.2) is 4.98 Å². The van der Waals surface area contributed by atoms with Gasteiger partial charge in [-0.3, -0.25) is 4.79 Å². The molecule has 2 aromatic heterocycles. The predicted octanol–water partition coefficient (Wildman–Crippen LogP) is 4.50. The van der Waals surface area contributed by atoms with Crippen LogP contribution < -0.4 is 5.73 Å². The van der Waals surface area contributed by atoms with Crippen molar-refractivity contribution in [2.45, 2.75) is 18.3 Å². The number of carbonyl (C=O) groups excluding carboxylic acids is 1. The second-order valence-corrected chi connectivity index (χ2v) is 5.97. The van der Waals surface area contributed by atoms with E-state index in [1.165, 1.54) is 11.6 Å². The van der Waals surface area contributed by atoms with Crippen molar-refractivity contribution in [3.8, 4) is 0 Å². The van der Waals surface area contributed by atoms with Crippen LogP contribution in [-0.2, 0) is 19.1 Å². The Labute approximate surface area is 150 Å². The molecule has 28 heavy (non-hydrogen) atoms. The molecule has 0 fully saturated rings. The van der Waals surface area contributed by atoms with Gasteiger partial charge >= 0.3 is 18.3 Å². The smallest absolute Gasteiger partial charge is 0.364 e. The van der Waals surface area contributed by atoms with Crippen molar-refractivity contribution >= 4 is 27.7 Å². The van der Waals surface area contributed by atoms with E-state index in [9.17, 15) is 39.9 Å². The van der Waals surface area contributed by atoms with Crippen molar-refractivity contribution in [1.29, 1.82) is 0 Å². The van der Waals surface area contributed by atoms with Crippen LogP contribution in [0.3, 0.4) is 0 Å². The summed E-state index contributed by atoms with van der Waals surface area (Å²) in [5, 5.41) is -0.914. The van der Waals surface area contributed by atoms with Crippen LogP contribution in [0.1, 0.15) is 21.7 Å². The highest BCUT2D eigenvalue weighted by atomic mass is 19.4. The van der Waals surface area contributed by atoms with Gasteiger partial charge in [0.25, 0.3) is 5.91 Å². The summed E-state index contributed by atoms with van der Waals surface area (Å²) in [4.78, 5) is 14.6. The number of pyridine rings is 1. The summed E-state index contributed by atoms with van der Waals surface area (Å²) in [5.41, 5.74) is 0.477. The lowest BCUT2D eigenvalue weighted by Crippen LogP contribution is -2.35. The summed E-state index contributed by atoms with van der Waals surface area (Å²) in [6.07, 6.45) is -11.4. The molecule has 0 aliphatic carbocycles. The predicted molar refractivity (Wildman–Crippen MR) is 81.7 cm³/mol. The lowest BCUT2D eigenvalue weighted by Gasteiger charge is -2.21. The summed E-state index contributed by atoms with van der Waals surface area (Å²) in [6.45, 7) is 0. The van der Waals surface area contributed by atoms with Crippen LogP contribution in [0.4, 0.5) is 35.1 Å². The average Bonchev–Trinajstić information content (AvgIpc) is 2.89. The number of fused-ring (bicyclic) bond motifs is 3. The highest BCUT2D eigenvalue weighted by molar-refractivity contribution is 6.09. The van der Waals surface area contributed by atoms with E-state index in [4.69, 9.17) is 5.73 Å². The standard InChI is InChI=1S/C16H9F8N3O/c1-27-9-3-2-6-8(15(19,20)21)5-11(14(17,18)16(22,23)24)26-12(6)7(9)4-10(27)13(25)28/h2-5H,1H3,(H2,25,28). The molecule has 2 N–H and O–H groups in total. The van der Waals surface area contributed by atoms with E-state index in [1.54, 1.807) is 0 Å². The largest absolute Gasteiger partial charge is 0.459 e. The Bertz CT molecular complexity index is 1110. The number of amides is 1. The zero-order valence-corrected chi connectivity index (χ0v) is 13.7. The zero-order valence-electron chi connectivity index (χ0n) is 13.7. The minimum absolute atomic E-state index is 0.0781. The first-order chi connectivity index (χ1) is 12.7. The van der Waals surface area contributed by atoms with Crippen molar-refractivity contribution in [3.05, 3.63) is 41.2 Å². The quantitative estimate of drug-likeness (QED) is 0.632. The fraction of sp³-hybridized carbons (Fsp3) is 0.250. The van der Waals surface area contributed by atoms with Gasteiger partial charge in [0.05, 0.1) is 16.6 Å². The van der Waals surface area contributed by atoms with Crippen molar-refractivity contribution in [2.24, 2.45) is 12.8 Å². The zero-order chi connectivity index (χ0) is 21.2. The first-order valence-electron chi connectivity index (χ1n) is 7.41. The molecular formula is C16H9F8N3O. The molecule has 150 valence electrons. The summed E-state index contributed by atoms with van der Waals surface area (Å²) >= 11 is 0. The molecule has 2 heterocycles. The second kappa shape index (κ2) is 5.79. The summed E-state index contributed by atoms with van der Waals surface area (Å²) in [6, 6.07) is 2.71. The number of hydrogen-bond acceptors (Lipinski definition) is 2. The van der Waals surface area contributed by atoms with Crippen molar-refractivity contribution in [2.75, 3.05) is 0 Å². The number of primary amides is 1. The Kier molecular flexibility index (Phi) is 4.10. The van der Waals surface area contributed by atoms with Crippen LogP contribution >= 0.6 is 0 Å². The van der Waals surface area contributed by atoms with Crippen LogP contribution in [0, 0.1) is 0 Å². The SMILES string of the molecule is Cn1c(C(N)=O)cc2c3nc(C(F)(F)C(F)(F)F)cc(C(F)(F)F)c3ccc21. The fourth-order valence-corrected chi connectivity index (χ4v) is 2.88. The van der Waals surface area contributed by atoms with Gasteiger partial charge < -0.3 is 10.3 Å². The van der Waals surface area contributed by atoms with Crippen LogP contribution in [0.15, 0.2) is 24.3 Å². The van der Waals surface area contributed by atoms with Gasteiger partial charge in [-0.15, -0.1) is 0 Å². The van der Waals surface area contributed by atoms with Crippen LogP contribution in [0.5, 0.6) is 0 Å². The summed E-state index contributed by atoms with van der Waals surface area (Å²) in [7, 11) is 1.33. The lowest BCUT2D eigenvalue weighted by atomic mass is 10.0. The third-order valence-corrected chi connectivity index (χ3v) is 4.24. The third-order valence-electron chi connectivity index (χ3n) is 4.24. The Morgan fingerprint density at radius 2 is 1.61 bits per heavy atom. The Balaban J connectivity index is 2.51. The van der Waals surface area contributed by atoms with E-state index in [2.05, 4.69) is 4.98 Å². The number of rotatable bonds is 2. The minimum atomic E-state index is -6.15. The summed E-state index contributed by atoms with van der Waals surface area (Å²) < 4.78 is 107. The Hall–Kier alpha value is -2.92. The van der Waals surface area contributed by atoms with E-state index in [1.807, 2.05) is 0 Å². The number of benzene rings is 1. The van der Waals surface area contributed by atoms with Gasteiger partial charge in [-0.2, -0.15) is 35.1 Å². The maximum Gasteiger partial charge on any atom is 0.459 e. The highest BCUT2D eigenvalue weighted by Crippen LogP contribution is 2.46. The molecule has 0 spiro atoms. The first-order valence-corrected chi connectivity index (χ1v) is 7.41. The molecule has 1 amide bonds. The fourth-order valence-electron chi connectivity index (χ4n) is 2.88. The van der Waals surface area contributed by atoms with E-state index in [0.717, 1.165) is 18.2 Å². The number of aromatic nitrogens is 2. The molecule has 1 aromatic carbocycles. The number of alkyl halides is 8. The second-order valence-electron chi connectivity index (χ2n) is 5.97. The molecule has 3 rings (SSSR count). The lowest BCUT2D eigenvalue weighted by molar-refractivity contribution is -0.291. The molecule has 0 unspecified atom stereocenters. The van der Waals surface area contributed by atoms with Crippen molar-refractivity contribution in [1.82, 2.24) is 9.55 Å². The van der Waals surface area contributed by atoms with Crippen molar-refractivity contribution < 1.29 is 39.9 Å². The molecule has 0 radical (unpaired) electrons. The number of nitrogens with zero attached hydrogens (tertiary/aromatic N) is 2. The normalized spacial score (nSPS) is 13.5. The molecule has 4 nitrogen and oxygen atoms in total. The number of halogens is 8. The Morgan fingerprint density at radius 1 is 1.00 bits per heavy atom. The Morgan fingerprint density at radius 3 is 2.11 bits per heavy atom. The van der Waals surface area contributed by atoms with Gasteiger partial charge in [0.15, 0.2) is 0 Å². The first kappa shape index (κ1) is 19.8. The van der Waals surface area contributed by atoms with E-state index >= 15 is 0 Å². The molecule has 3 aromatic rings. The average molecular weight is 411 g/mol. The van der Waals surface area contributed by atoms with Gasteiger partial charge in [0.1, 0.15) is 11.4 Å². The topological polar surface area (TPSA) is 60.9 Å². The van der Waals surface area contributed by atoms with Gasteiger partial charge in [-0.1, -0.05) is 6.07 Å². The minimum Gasteiger partial charge on any atom is -0.364 e. The van der Waals surface area contributed by atoms with Gasteiger partial charge in [-0.05, 0) is 18.2 Å². The number of carbonyl (C=O) groups is 1. The molecule has 0 saturated carbocycles. The molecule has 0 saturated heterocycles. The van der Waals surface area contributed by atoms with Crippen LogP contribution in [-0.4, -0.2) is 21.6 Å². The molecule has 0 aliphatic rings. The van der Waals surface area contributed by atoms with E-state index in [0.29, 0.717) is 0 Å². The third kappa shape index (κ3) is 2.83. The maximum atomic E-state index is 13.7. The molecule has 0 atom stereocenters. The van der Waals surface area contributed by atoms with Crippen LogP contribution in [0.25, 0.3) is 21.8 Å². The van der Waals surface area contributed by atoms with Gasteiger partial charge in [0, 0.05) is 17.8 Å². The van der Waals surface area contributed by atoms with E-state index in [-0.39, 0.29) is 22.7 Å². The summed E-state index contributed by atoms with van der Waals surface area (Å²) in [5.74, 6) is -6.59. The maximum absolute atomic E-state index is 13.7. The molecule has 12 heteroatoms. The van der Waals surface area contributed by atoms with E-state index < -0.39 is 46.3 Å².